The molecule has 2 heterocycles. The minimum atomic E-state index is -3.90. The van der Waals surface area contributed by atoms with E-state index in [0.717, 1.165) is 54.0 Å². The van der Waals surface area contributed by atoms with Gasteiger partial charge in [-0.15, -0.1) is 12.4 Å². The van der Waals surface area contributed by atoms with Crippen LogP contribution in [0.15, 0.2) is 53.8 Å². The molecule has 0 aliphatic carbocycles. The minimum Gasteiger partial charge on any atom is -0.633 e. The molecule has 1 saturated heterocycles. The van der Waals surface area contributed by atoms with Crippen LogP contribution in [0.5, 0.6) is 0 Å². The Morgan fingerprint density at radius 1 is 1.22 bits per heavy atom. The number of benzene rings is 2. The molecule has 0 radical (unpaired) electrons. The number of sulfonamides is 1. The third kappa shape index (κ3) is 6.99. The molecule has 3 N–H and O–H groups in total. The van der Waals surface area contributed by atoms with Crippen molar-refractivity contribution in [2.45, 2.75) is 49.4 Å². The lowest BCUT2D eigenvalue weighted by molar-refractivity contribution is -0.890. The second kappa shape index (κ2) is 13.3. The van der Waals surface area contributed by atoms with E-state index in [1.807, 2.05) is 61.2 Å². The van der Waals surface area contributed by atoms with E-state index < -0.39 is 16.2 Å². The van der Waals surface area contributed by atoms with Gasteiger partial charge in [0.15, 0.2) is 6.17 Å². The maximum atomic E-state index is 13.7. The zero-order valence-corrected chi connectivity index (χ0v) is 24.1. The highest BCUT2D eigenvalue weighted by atomic mass is 35.5. The number of hydrogen-bond donors (Lipinski definition) is 3. The third-order valence-corrected chi connectivity index (χ3v) is 9.79. The van der Waals surface area contributed by atoms with Crippen LogP contribution in [0.1, 0.15) is 38.3 Å². The Morgan fingerprint density at radius 3 is 2.68 bits per heavy atom. The van der Waals surface area contributed by atoms with Gasteiger partial charge < -0.3 is 20.2 Å². The Balaban J connectivity index is 0.00000380. The number of aromatic nitrogens is 2. The summed E-state index contributed by atoms with van der Waals surface area (Å²) in [6.07, 6.45) is 6.43. The summed E-state index contributed by atoms with van der Waals surface area (Å²) in [6, 6.07) is 11.0. The number of hydrogen-bond acceptors (Lipinski definition) is 6. The predicted molar refractivity (Wildman–Crippen MR) is 155 cm³/mol. The Morgan fingerprint density at radius 2 is 1.97 bits per heavy atom. The van der Waals surface area contributed by atoms with Crippen molar-refractivity contribution in [3.8, 4) is 0 Å². The molecule has 1 aliphatic rings. The molecule has 3 aromatic rings. The normalized spacial score (nSPS) is 22.1. The second-order valence-electron chi connectivity index (χ2n) is 9.71. The number of aromatic amines is 1. The summed E-state index contributed by atoms with van der Waals surface area (Å²) in [5.74, 6) is 2.13. The van der Waals surface area contributed by atoms with Crippen molar-refractivity contribution >= 4 is 50.7 Å². The molecule has 8 nitrogen and oxygen atoms in total. The maximum absolute atomic E-state index is 13.7. The van der Waals surface area contributed by atoms with Crippen molar-refractivity contribution in [1.82, 2.24) is 14.7 Å². The summed E-state index contributed by atoms with van der Waals surface area (Å²) in [4.78, 5) is 9.43. The highest BCUT2D eigenvalue weighted by Gasteiger charge is 2.40. The minimum absolute atomic E-state index is 0. The van der Waals surface area contributed by atoms with E-state index in [4.69, 9.17) is 0 Å². The van der Waals surface area contributed by atoms with Crippen LogP contribution in [-0.2, 0) is 15.8 Å². The molecule has 11 heteroatoms. The molecule has 37 heavy (non-hydrogen) atoms. The fourth-order valence-electron chi connectivity index (χ4n) is 5.36. The van der Waals surface area contributed by atoms with Gasteiger partial charge in [0, 0.05) is 54.8 Å². The predicted octanol–water partition coefficient (Wildman–Crippen LogP) is 3.80. The molecule has 4 rings (SSSR count). The molecule has 1 aromatic heterocycles. The molecule has 0 saturated carbocycles. The first kappa shape index (κ1) is 29.7. The van der Waals surface area contributed by atoms with Crippen LogP contribution in [-0.4, -0.2) is 50.9 Å². The number of halogens is 1. The van der Waals surface area contributed by atoms with E-state index in [1.165, 1.54) is 0 Å². The summed E-state index contributed by atoms with van der Waals surface area (Å²) >= 11 is 1.82. The number of nitrogens with zero attached hydrogens (tertiary/aromatic N) is 2. The van der Waals surface area contributed by atoms with Gasteiger partial charge in [0.25, 0.3) is 0 Å². The Hall–Kier alpha value is -1.82. The summed E-state index contributed by atoms with van der Waals surface area (Å²) in [5.41, 5.74) is 1.98. The molecular weight excluding hydrogens is 530 g/mol. The molecule has 2 aromatic carbocycles. The fourth-order valence-corrected chi connectivity index (χ4v) is 7.73. The summed E-state index contributed by atoms with van der Waals surface area (Å²) in [7, 11) is -0.0137. The molecule has 4 atom stereocenters. The first-order valence-electron chi connectivity index (χ1n) is 12.6. The Labute approximate surface area is 230 Å². The first-order valence-corrected chi connectivity index (χ1v) is 15.2. The van der Waals surface area contributed by atoms with Crippen LogP contribution in [0.4, 0.5) is 5.69 Å². The van der Waals surface area contributed by atoms with Gasteiger partial charge in [-0.05, 0) is 36.6 Å². The van der Waals surface area contributed by atoms with E-state index in [-0.39, 0.29) is 28.3 Å². The molecular formula is C26H38ClN5O3S2. The highest BCUT2D eigenvalue weighted by Crippen LogP contribution is 2.32. The lowest BCUT2D eigenvalue weighted by atomic mass is 9.79. The number of fused-ring (bicyclic) bond motifs is 1. The van der Waals surface area contributed by atoms with Crippen LogP contribution in [0.3, 0.4) is 0 Å². The van der Waals surface area contributed by atoms with Crippen LogP contribution < -0.4 is 14.7 Å². The van der Waals surface area contributed by atoms with Gasteiger partial charge in [0.1, 0.15) is 0 Å². The Bertz CT molecular complexity index is 1240. The largest absolute Gasteiger partial charge is 0.633 e. The number of nitrogens with one attached hydrogen (secondary N) is 3. The number of H-pyrrole nitrogens is 1. The fraction of sp³-hybridized carbons (Fsp3) is 0.500. The molecule has 1 fully saturated rings. The zero-order valence-electron chi connectivity index (χ0n) is 21.6. The van der Waals surface area contributed by atoms with Crippen molar-refractivity contribution in [2.24, 2.45) is 11.8 Å². The van der Waals surface area contributed by atoms with Gasteiger partial charge in [-0.1, -0.05) is 37.6 Å². The van der Waals surface area contributed by atoms with Crippen LogP contribution >= 0.6 is 24.2 Å². The topological polar surface area (TPSA) is 106 Å². The summed E-state index contributed by atoms with van der Waals surface area (Å²) < 4.78 is 30.3. The average Bonchev–Trinajstić information content (AvgIpc) is 3.38. The number of hydroxylamine groups is 2. The zero-order chi connectivity index (χ0) is 25.7. The number of anilines is 1. The number of quaternary nitrogens is 1. The molecule has 0 amide bonds. The number of imidazole rings is 1. The van der Waals surface area contributed by atoms with E-state index in [1.54, 1.807) is 18.5 Å². The third-order valence-electron chi connectivity index (χ3n) is 7.21. The molecule has 1 aliphatic heterocycles. The monoisotopic (exact) mass is 567 g/mol. The van der Waals surface area contributed by atoms with Crippen molar-refractivity contribution in [3.05, 3.63) is 59.8 Å². The summed E-state index contributed by atoms with van der Waals surface area (Å²) in [5, 5.41) is 14.6. The number of piperidine rings is 1. The van der Waals surface area contributed by atoms with Crippen molar-refractivity contribution < 1.29 is 13.5 Å². The molecule has 0 spiro atoms. The molecule has 204 valence electrons. The van der Waals surface area contributed by atoms with Gasteiger partial charge in [-0.3, -0.25) is 0 Å². The van der Waals surface area contributed by atoms with Crippen LogP contribution in [0, 0.1) is 17.0 Å². The Kier molecular flexibility index (Phi) is 10.7. The van der Waals surface area contributed by atoms with E-state index in [0.29, 0.717) is 17.8 Å². The van der Waals surface area contributed by atoms with E-state index in [2.05, 4.69) is 21.6 Å². The van der Waals surface area contributed by atoms with Crippen LogP contribution in [0.25, 0.3) is 10.8 Å². The summed E-state index contributed by atoms with van der Waals surface area (Å²) in [6.45, 7) is 2.56. The van der Waals surface area contributed by atoms with Crippen molar-refractivity contribution in [2.75, 3.05) is 31.3 Å². The van der Waals surface area contributed by atoms with E-state index in [9.17, 15) is 13.6 Å². The average molecular weight is 568 g/mol. The maximum Gasteiger partial charge on any atom is 0.245 e. The van der Waals surface area contributed by atoms with Gasteiger partial charge in [-0.2, -0.15) is 16.5 Å². The number of thioether (sulfide) groups is 1. The smallest absolute Gasteiger partial charge is 0.245 e. The van der Waals surface area contributed by atoms with Crippen molar-refractivity contribution in [1.29, 1.82) is 0 Å². The van der Waals surface area contributed by atoms with Gasteiger partial charge in [-0.25, -0.2) is 13.4 Å². The first-order chi connectivity index (χ1) is 17.3. The highest BCUT2D eigenvalue weighted by molar-refractivity contribution is 7.98. The van der Waals surface area contributed by atoms with Gasteiger partial charge in [0.2, 0.25) is 10.0 Å². The van der Waals surface area contributed by atoms with E-state index >= 15 is 0 Å². The molecule has 4 unspecified atom stereocenters. The van der Waals surface area contributed by atoms with Gasteiger partial charge >= 0.3 is 0 Å². The lowest BCUT2D eigenvalue weighted by Crippen LogP contribution is -3.15. The number of rotatable bonds is 11. The van der Waals surface area contributed by atoms with Gasteiger partial charge in [0.05, 0.1) is 23.5 Å². The lowest BCUT2D eigenvalue weighted by Gasteiger charge is -2.44. The second-order valence-corrected chi connectivity index (χ2v) is 12.5. The standard InChI is InChI=1S/C26H37N5O3S2.ClH/c1-4-19-13-14-31(32)26(21(19)10-7-15-35-17-20-16-27-18-28-20)29-36(33,34)25-12-6-8-22-23(25)9-5-11-24(22)30(2)3;/h5-6,8-9,11-12,16,18-19,21,26,29,31H,4,7,10,13-15,17H2,1-3H3,(H,27,28);1H. The van der Waals surface area contributed by atoms with Crippen LogP contribution in [0.2, 0.25) is 0 Å². The van der Waals surface area contributed by atoms with Crippen molar-refractivity contribution in [3.63, 3.8) is 0 Å². The SMILES string of the molecule is CCC1CC[NH+]([O-])C(NS(=O)(=O)c2cccc3c(N(C)C)cccc23)C1CCCSCc1c[nH]cn1.Cl. The quantitative estimate of drug-likeness (QED) is 0.240. The molecule has 0 bridgehead atoms.